The molecule has 1 amide bonds. The van der Waals surface area contributed by atoms with Crippen LogP contribution in [-0.4, -0.2) is 35.0 Å². The number of hydrogen-bond donors (Lipinski definition) is 0. The van der Waals surface area contributed by atoms with Crippen molar-refractivity contribution in [1.29, 1.82) is 0 Å². The molecule has 4 nitrogen and oxygen atoms in total. The molecule has 1 fully saturated rings. The molecule has 1 unspecified atom stereocenters. The number of halogens is 1. The number of pyridine rings is 1. The zero-order chi connectivity index (χ0) is 15.4. The monoisotopic (exact) mass is 316 g/mol. The SMILES string of the molecule is O=C(c1ccccc1)N1CCCC(Oc2ccc(Cl)cn2)C1. The third kappa shape index (κ3) is 3.57. The topological polar surface area (TPSA) is 42.4 Å². The quantitative estimate of drug-likeness (QED) is 0.871. The Morgan fingerprint density at radius 2 is 2.05 bits per heavy atom. The van der Waals surface area contributed by atoms with E-state index in [0.717, 1.165) is 19.4 Å². The zero-order valence-electron chi connectivity index (χ0n) is 12.1. The predicted octanol–water partition coefficient (Wildman–Crippen LogP) is 3.42. The molecule has 1 aliphatic rings. The van der Waals surface area contributed by atoms with Gasteiger partial charge in [0.25, 0.3) is 5.91 Å². The summed E-state index contributed by atoms with van der Waals surface area (Å²) in [6.45, 7) is 1.35. The molecule has 0 saturated carbocycles. The Hall–Kier alpha value is -2.07. The van der Waals surface area contributed by atoms with E-state index in [-0.39, 0.29) is 12.0 Å². The lowest BCUT2D eigenvalue weighted by Gasteiger charge is -2.32. The molecule has 1 aliphatic heterocycles. The van der Waals surface area contributed by atoms with Crippen molar-refractivity contribution in [2.45, 2.75) is 18.9 Å². The van der Waals surface area contributed by atoms with Gasteiger partial charge in [0.05, 0.1) is 11.6 Å². The molecule has 0 aliphatic carbocycles. The van der Waals surface area contributed by atoms with Crippen LogP contribution >= 0.6 is 11.6 Å². The highest BCUT2D eigenvalue weighted by Crippen LogP contribution is 2.19. The van der Waals surface area contributed by atoms with E-state index in [0.29, 0.717) is 23.0 Å². The van der Waals surface area contributed by atoms with Crippen molar-refractivity contribution in [2.24, 2.45) is 0 Å². The summed E-state index contributed by atoms with van der Waals surface area (Å²) in [4.78, 5) is 18.5. The molecule has 1 saturated heterocycles. The van der Waals surface area contributed by atoms with Crippen LogP contribution in [0.5, 0.6) is 5.88 Å². The molecule has 5 heteroatoms. The van der Waals surface area contributed by atoms with Crippen LogP contribution in [0, 0.1) is 0 Å². The summed E-state index contributed by atoms with van der Waals surface area (Å²) in [5.74, 6) is 0.598. The first-order valence-corrected chi connectivity index (χ1v) is 7.73. The Labute approximate surface area is 134 Å². The smallest absolute Gasteiger partial charge is 0.253 e. The molecular weight excluding hydrogens is 300 g/mol. The molecule has 0 radical (unpaired) electrons. The number of aromatic nitrogens is 1. The fraction of sp³-hybridized carbons (Fsp3) is 0.294. The maximum Gasteiger partial charge on any atom is 0.253 e. The lowest BCUT2D eigenvalue weighted by Crippen LogP contribution is -2.44. The molecule has 22 heavy (non-hydrogen) atoms. The van der Waals surface area contributed by atoms with Gasteiger partial charge in [0.2, 0.25) is 5.88 Å². The molecule has 2 heterocycles. The molecule has 114 valence electrons. The van der Waals surface area contributed by atoms with E-state index in [4.69, 9.17) is 16.3 Å². The van der Waals surface area contributed by atoms with Crippen molar-refractivity contribution >= 4 is 17.5 Å². The molecular formula is C17H17ClN2O2. The zero-order valence-corrected chi connectivity index (χ0v) is 12.9. The summed E-state index contributed by atoms with van der Waals surface area (Å²) in [5, 5.41) is 0.580. The number of likely N-dealkylation sites (tertiary alicyclic amines) is 1. The van der Waals surface area contributed by atoms with Crippen molar-refractivity contribution in [3.63, 3.8) is 0 Å². The van der Waals surface area contributed by atoms with Gasteiger partial charge in [0.1, 0.15) is 6.10 Å². The summed E-state index contributed by atoms with van der Waals surface area (Å²) >= 11 is 5.82. The van der Waals surface area contributed by atoms with Crippen molar-refractivity contribution in [3.05, 3.63) is 59.2 Å². The number of benzene rings is 1. The molecule has 1 atom stereocenters. The highest BCUT2D eigenvalue weighted by molar-refractivity contribution is 6.30. The molecule has 0 N–H and O–H groups in total. The summed E-state index contributed by atoms with van der Waals surface area (Å²) in [6, 6.07) is 12.8. The van der Waals surface area contributed by atoms with Crippen LogP contribution in [0.4, 0.5) is 0 Å². The standard InChI is InChI=1S/C17H17ClN2O2/c18-14-8-9-16(19-11-14)22-15-7-4-10-20(12-15)17(21)13-5-2-1-3-6-13/h1-3,5-6,8-9,11,15H,4,7,10,12H2. The van der Waals surface area contributed by atoms with Crippen LogP contribution in [0.1, 0.15) is 23.2 Å². The fourth-order valence-electron chi connectivity index (χ4n) is 2.58. The van der Waals surface area contributed by atoms with Gasteiger partial charge in [-0.1, -0.05) is 29.8 Å². The van der Waals surface area contributed by atoms with Crippen molar-refractivity contribution in [2.75, 3.05) is 13.1 Å². The number of hydrogen-bond acceptors (Lipinski definition) is 3. The fourth-order valence-corrected chi connectivity index (χ4v) is 2.70. The Kier molecular flexibility index (Phi) is 4.59. The van der Waals surface area contributed by atoms with E-state index in [2.05, 4.69) is 4.98 Å². The summed E-state index contributed by atoms with van der Waals surface area (Å²) in [5.41, 5.74) is 0.716. The number of amides is 1. The Balaban J connectivity index is 1.64. The summed E-state index contributed by atoms with van der Waals surface area (Å²) in [6.07, 6.45) is 3.38. The third-order valence-electron chi connectivity index (χ3n) is 3.67. The van der Waals surface area contributed by atoms with Crippen molar-refractivity contribution in [3.8, 4) is 5.88 Å². The van der Waals surface area contributed by atoms with E-state index >= 15 is 0 Å². The average molecular weight is 317 g/mol. The molecule has 2 aromatic rings. The Bertz CT molecular complexity index is 631. The van der Waals surface area contributed by atoms with Crippen molar-refractivity contribution < 1.29 is 9.53 Å². The van der Waals surface area contributed by atoms with Crippen molar-refractivity contribution in [1.82, 2.24) is 9.88 Å². The van der Waals surface area contributed by atoms with Gasteiger partial charge in [-0.05, 0) is 31.0 Å². The second kappa shape index (κ2) is 6.79. The first-order valence-electron chi connectivity index (χ1n) is 7.35. The Morgan fingerprint density at radius 1 is 1.23 bits per heavy atom. The van der Waals surface area contributed by atoms with E-state index in [1.807, 2.05) is 35.2 Å². The van der Waals surface area contributed by atoms with Gasteiger partial charge in [-0.3, -0.25) is 4.79 Å². The van der Waals surface area contributed by atoms with Crippen LogP contribution in [-0.2, 0) is 0 Å². The minimum absolute atomic E-state index is 0.0323. The minimum atomic E-state index is -0.0323. The first kappa shape index (κ1) is 14.9. The van der Waals surface area contributed by atoms with Crippen LogP contribution in [0.25, 0.3) is 0 Å². The van der Waals surface area contributed by atoms with E-state index < -0.39 is 0 Å². The van der Waals surface area contributed by atoms with Gasteiger partial charge in [0, 0.05) is 24.4 Å². The van der Waals surface area contributed by atoms with E-state index in [1.54, 1.807) is 18.3 Å². The van der Waals surface area contributed by atoms with Crippen LogP contribution in [0.2, 0.25) is 5.02 Å². The highest BCUT2D eigenvalue weighted by atomic mass is 35.5. The van der Waals surface area contributed by atoms with E-state index in [1.165, 1.54) is 0 Å². The number of nitrogens with zero attached hydrogens (tertiary/aromatic N) is 2. The average Bonchev–Trinajstić information content (AvgIpc) is 2.57. The number of piperidine rings is 1. The maximum atomic E-state index is 12.5. The number of ether oxygens (including phenoxy) is 1. The van der Waals surface area contributed by atoms with Crippen LogP contribution in [0.3, 0.4) is 0 Å². The lowest BCUT2D eigenvalue weighted by atomic mass is 10.1. The molecule has 1 aromatic carbocycles. The summed E-state index contributed by atoms with van der Waals surface area (Å²) in [7, 11) is 0. The molecule has 1 aromatic heterocycles. The predicted molar refractivity (Wildman–Crippen MR) is 85.2 cm³/mol. The van der Waals surface area contributed by atoms with Gasteiger partial charge >= 0.3 is 0 Å². The molecule has 0 spiro atoms. The van der Waals surface area contributed by atoms with Gasteiger partial charge in [-0.25, -0.2) is 4.98 Å². The molecule has 0 bridgehead atoms. The largest absolute Gasteiger partial charge is 0.472 e. The first-order chi connectivity index (χ1) is 10.7. The van der Waals surface area contributed by atoms with Crippen LogP contribution in [0.15, 0.2) is 48.7 Å². The number of carbonyl (C=O) groups excluding carboxylic acids is 1. The lowest BCUT2D eigenvalue weighted by molar-refractivity contribution is 0.0528. The highest BCUT2D eigenvalue weighted by Gasteiger charge is 2.25. The maximum absolute atomic E-state index is 12.5. The van der Waals surface area contributed by atoms with E-state index in [9.17, 15) is 4.79 Å². The Morgan fingerprint density at radius 3 is 2.77 bits per heavy atom. The second-order valence-electron chi connectivity index (χ2n) is 5.31. The third-order valence-corrected chi connectivity index (χ3v) is 3.90. The van der Waals surface area contributed by atoms with Gasteiger partial charge in [-0.2, -0.15) is 0 Å². The normalized spacial score (nSPS) is 18.0. The van der Waals surface area contributed by atoms with Gasteiger partial charge in [-0.15, -0.1) is 0 Å². The van der Waals surface area contributed by atoms with Gasteiger partial charge < -0.3 is 9.64 Å². The second-order valence-corrected chi connectivity index (χ2v) is 5.75. The minimum Gasteiger partial charge on any atom is -0.472 e. The number of carbonyl (C=O) groups is 1. The molecule has 3 rings (SSSR count). The summed E-state index contributed by atoms with van der Waals surface area (Å²) < 4.78 is 5.86. The van der Waals surface area contributed by atoms with Crippen LogP contribution < -0.4 is 4.74 Å². The number of rotatable bonds is 3. The van der Waals surface area contributed by atoms with Gasteiger partial charge in [0.15, 0.2) is 0 Å².